The van der Waals surface area contributed by atoms with Gasteiger partial charge >= 0.3 is 6.09 Å². The Balaban J connectivity index is 1.95. The lowest BCUT2D eigenvalue weighted by molar-refractivity contribution is 0.0187. The molecule has 0 spiro atoms. The molecule has 1 unspecified atom stereocenters. The summed E-state index contributed by atoms with van der Waals surface area (Å²) < 4.78 is 16.4. The number of ether oxygens (including phenoxy) is 3. The van der Waals surface area contributed by atoms with E-state index in [9.17, 15) is 4.79 Å². The first-order valence-electron chi connectivity index (χ1n) is 7.86. The van der Waals surface area contributed by atoms with Gasteiger partial charge in [-0.3, -0.25) is 0 Å². The van der Waals surface area contributed by atoms with Crippen molar-refractivity contribution in [2.75, 3.05) is 26.0 Å². The minimum Gasteiger partial charge on any atom is -0.494 e. The second-order valence-corrected chi connectivity index (χ2v) is 6.68. The van der Waals surface area contributed by atoms with E-state index in [1.165, 1.54) is 0 Å². The Morgan fingerprint density at radius 1 is 1.39 bits per heavy atom. The van der Waals surface area contributed by atoms with Crippen LogP contribution in [0.4, 0.5) is 10.5 Å². The monoisotopic (exact) mass is 322 g/mol. The molecular formula is C17H26N2O4. The molecule has 0 saturated carbocycles. The number of anilines is 1. The molecule has 6 heteroatoms. The van der Waals surface area contributed by atoms with E-state index in [1.54, 1.807) is 30.2 Å². The van der Waals surface area contributed by atoms with Gasteiger partial charge in [-0.15, -0.1) is 0 Å². The summed E-state index contributed by atoms with van der Waals surface area (Å²) in [5, 5.41) is 0. The highest BCUT2D eigenvalue weighted by atomic mass is 16.6. The number of carbonyl (C=O) groups excluding carboxylic acids is 1. The maximum Gasteiger partial charge on any atom is 0.410 e. The summed E-state index contributed by atoms with van der Waals surface area (Å²) in [6, 6.07) is 5.31. The van der Waals surface area contributed by atoms with Gasteiger partial charge in [-0.25, -0.2) is 4.79 Å². The number of methoxy groups -OCH3 is 1. The molecule has 1 aromatic rings. The Kier molecular flexibility index (Phi) is 5.23. The van der Waals surface area contributed by atoms with Gasteiger partial charge in [0.25, 0.3) is 0 Å². The second-order valence-electron chi connectivity index (χ2n) is 6.68. The molecule has 1 atom stereocenters. The molecule has 1 fully saturated rings. The molecule has 6 nitrogen and oxygen atoms in total. The lowest BCUT2D eigenvalue weighted by Crippen LogP contribution is -2.42. The van der Waals surface area contributed by atoms with Crippen LogP contribution in [0.5, 0.6) is 11.5 Å². The van der Waals surface area contributed by atoms with E-state index in [0.717, 1.165) is 12.8 Å². The van der Waals surface area contributed by atoms with Gasteiger partial charge in [-0.2, -0.15) is 0 Å². The van der Waals surface area contributed by atoms with Crippen molar-refractivity contribution in [3.8, 4) is 11.5 Å². The number of amides is 1. The van der Waals surface area contributed by atoms with E-state index in [4.69, 9.17) is 19.9 Å². The lowest BCUT2D eigenvalue weighted by atomic mass is 10.2. The van der Waals surface area contributed by atoms with Crippen LogP contribution >= 0.6 is 0 Å². The molecule has 2 N–H and O–H groups in total. The quantitative estimate of drug-likeness (QED) is 0.862. The molecule has 1 amide bonds. The highest BCUT2D eigenvalue weighted by Crippen LogP contribution is 2.27. The Bertz CT molecular complexity index is 554. The summed E-state index contributed by atoms with van der Waals surface area (Å²) in [4.78, 5) is 14.0. The van der Waals surface area contributed by atoms with Gasteiger partial charge in [0.1, 0.15) is 23.7 Å². The Labute approximate surface area is 137 Å². The van der Waals surface area contributed by atoms with Crippen LogP contribution in [0.1, 0.15) is 33.6 Å². The summed E-state index contributed by atoms with van der Waals surface area (Å²) in [6.07, 6.45) is 1.59. The smallest absolute Gasteiger partial charge is 0.410 e. The van der Waals surface area contributed by atoms with Crippen molar-refractivity contribution in [2.24, 2.45) is 0 Å². The molecule has 0 radical (unpaired) electrons. The van der Waals surface area contributed by atoms with Crippen molar-refractivity contribution in [3.05, 3.63) is 18.2 Å². The average Bonchev–Trinajstić information content (AvgIpc) is 2.93. The van der Waals surface area contributed by atoms with Crippen molar-refractivity contribution in [1.82, 2.24) is 4.90 Å². The fraction of sp³-hybridized carbons (Fsp3) is 0.588. The third-order valence-electron chi connectivity index (χ3n) is 3.65. The van der Waals surface area contributed by atoms with Crippen molar-refractivity contribution in [1.29, 1.82) is 0 Å². The van der Waals surface area contributed by atoms with E-state index in [1.807, 2.05) is 20.8 Å². The molecule has 2 rings (SSSR count). The van der Waals surface area contributed by atoms with Crippen LogP contribution in [-0.2, 0) is 4.74 Å². The summed E-state index contributed by atoms with van der Waals surface area (Å²) in [7, 11) is 1.57. The number of likely N-dealkylation sites (tertiary alicyclic amines) is 1. The largest absolute Gasteiger partial charge is 0.494 e. The summed E-state index contributed by atoms with van der Waals surface area (Å²) in [6.45, 7) is 6.73. The first-order valence-corrected chi connectivity index (χ1v) is 7.86. The molecule has 0 aromatic heterocycles. The van der Waals surface area contributed by atoms with Gasteiger partial charge in [0.2, 0.25) is 0 Å². The second kappa shape index (κ2) is 6.98. The fourth-order valence-corrected chi connectivity index (χ4v) is 2.54. The minimum absolute atomic E-state index is 0.0217. The Morgan fingerprint density at radius 2 is 2.13 bits per heavy atom. The number of nitrogens with two attached hydrogens (primary N) is 1. The van der Waals surface area contributed by atoms with Gasteiger partial charge in [0, 0.05) is 12.6 Å². The zero-order chi connectivity index (χ0) is 17.0. The molecule has 0 aliphatic carbocycles. The van der Waals surface area contributed by atoms with Gasteiger partial charge in [-0.05, 0) is 45.7 Å². The molecule has 23 heavy (non-hydrogen) atoms. The summed E-state index contributed by atoms with van der Waals surface area (Å²) >= 11 is 0. The molecular weight excluding hydrogens is 296 g/mol. The van der Waals surface area contributed by atoms with E-state index in [0.29, 0.717) is 30.3 Å². The number of carbonyl (C=O) groups is 1. The maximum absolute atomic E-state index is 12.2. The third kappa shape index (κ3) is 4.68. The van der Waals surface area contributed by atoms with Crippen LogP contribution in [-0.4, -0.2) is 42.9 Å². The number of rotatable bonds is 4. The molecule has 1 aliphatic heterocycles. The standard InChI is InChI=1S/C17H26N2O4/c1-17(2,3)23-16(20)19-9-5-6-12(19)11-22-13-7-8-14(18)15(10-13)21-4/h7-8,10,12H,5-6,9,11,18H2,1-4H3. The number of benzene rings is 1. The number of nitrogen functional groups attached to an aromatic ring is 1. The third-order valence-corrected chi connectivity index (χ3v) is 3.65. The molecule has 0 bridgehead atoms. The van der Waals surface area contributed by atoms with Crippen LogP contribution in [0.25, 0.3) is 0 Å². The van der Waals surface area contributed by atoms with Crippen molar-refractivity contribution in [3.63, 3.8) is 0 Å². The molecule has 1 saturated heterocycles. The van der Waals surface area contributed by atoms with Crippen molar-refractivity contribution >= 4 is 11.8 Å². The van der Waals surface area contributed by atoms with Crippen molar-refractivity contribution < 1.29 is 19.0 Å². The predicted molar refractivity (Wildman–Crippen MR) is 88.9 cm³/mol. The van der Waals surface area contributed by atoms with E-state index < -0.39 is 5.60 Å². The SMILES string of the molecule is COc1cc(OCC2CCCN2C(=O)OC(C)(C)C)ccc1N. The van der Waals surface area contributed by atoms with Gasteiger partial charge < -0.3 is 24.8 Å². The Morgan fingerprint density at radius 3 is 2.78 bits per heavy atom. The first-order chi connectivity index (χ1) is 10.8. The number of hydrogen-bond donors (Lipinski definition) is 1. The first kappa shape index (κ1) is 17.2. The van der Waals surface area contributed by atoms with Gasteiger partial charge in [0.15, 0.2) is 0 Å². The number of nitrogens with zero attached hydrogens (tertiary/aromatic N) is 1. The van der Waals surface area contributed by atoms with Crippen LogP contribution in [0.3, 0.4) is 0 Å². The molecule has 1 aromatic carbocycles. The van der Waals surface area contributed by atoms with Crippen LogP contribution in [0.2, 0.25) is 0 Å². The summed E-state index contributed by atoms with van der Waals surface area (Å²) in [5.74, 6) is 1.25. The van der Waals surface area contributed by atoms with Gasteiger partial charge in [0.05, 0.1) is 18.8 Å². The van der Waals surface area contributed by atoms with Crippen LogP contribution < -0.4 is 15.2 Å². The zero-order valence-corrected chi connectivity index (χ0v) is 14.3. The zero-order valence-electron chi connectivity index (χ0n) is 14.3. The number of hydrogen-bond acceptors (Lipinski definition) is 5. The summed E-state index contributed by atoms with van der Waals surface area (Å²) in [5.41, 5.74) is 5.86. The highest BCUT2D eigenvalue weighted by Gasteiger charge is 2.32. The molecule has 1 heterocycles. The van der Waals surface area contributed by atoms with Crippen molar-refractivity contribution in [2.45, 2.75) is 45.3 Å². The predicted octanol–water partition coefficient (Wildman–Crippen LogP) is 3.06. The lowest BCUT2D eigenvalue weighted by Gasteiger charge is -2.28. The minimum atomic E-state index is -0.491. The van der Waals surface area contributed by atoms with Crippen LogP contribution in [0, 0.1) is 0 Å². The normalized spacial score (nSPS) is 17.9. The van der Waals surface area contributed by atoms with Gasteiger partial charge in [-0.1, -0.05) is 0 Å². The topological polar surface area (TPSA) is 74.0 Å². The van der Waals surface area contributed by atoms with E-state index >= 15 is 0 Å². The Hall–Kier alpha value is -2.11. The van der Waals surface area contributed by atoms with Crippen LogP contribution in [0.15, 0.2) is 18.2 Å². The average molecular weight is 322 g/mol. The maximum atomic E-state index is 12.2. The van der Waals surface area contributed by atoms with E-state index in [2.05, 4.69) is 0 Å². The molecule has 1 aliphatic rings. The molecule has 128 valence electrons. The fourth-order valence-electron chi connectivity index (χ4n) is 2.54. The highest BCUT2D eigenvalue weighted by molar-refractivity contribution is 5.69. The van der Waals surface area contributed by atoms with E-state index in [-0.39, 0.29) is 12.1 Å².